The van der Waals surface area contributed by atoms with Crippen LogP contribution in [0.2, 0.25) is 0 Å². The average molecular weight is 316 g/mol. The SMILES string of the molecule is CN(Cc1ccco1)C(=O)CC1Sc2ccccc2NC1=O. The molecule has 2 aromatic rings. The number of hydrogen-bond acceptors (Lipinski definition) is 4. The van der Waals surface area contributed by atoms with Gasteiger partial charge < -0.3 is 14.6 Å². The Labute approximate surface area is 132 Å². The van der Waals surface area contributed by atoms with Gasteiger partial charge in [-0.05, 0) is 24.3 Å². The van der Waals surface area contributed by atoms with Crippen LogP contribution in [0.25, 0.3) is 0 Å². The molecule has 1 N–H and O–H groups in total. The van der Waals surface area contributed by atoms with Gasteiger partial charge in [-0.3, -0.25) is 9.59 Å². The topological polar surface area (TPSA) is 62.6 Å². The van der Waals surface area contributed by atoms with Gasteiger partial charge in [0.05, 0.1) is 23.7 Å². The van der Waals surface area contributed by atoms with Gasteiger partial charge in [-0.2, -0.15) is 0 Å². The molecular weight excluding hydrogens is 300 g/mol. The molecule has 0 saturated heterocycles. The fourth-order valence-electron chi connectivity index (χ4n) is 2.27. The van der Waals surface area contributed by atoms with Gasteiger partial charge in [0.15, 0.2) is 0 Å². The Morgan fingerprint density at radius 2 is 2.14 bits per heavy atom. The van der Waals surface area contributed by atoms with E-state index in [9.17, 15) is 9.59 Å². The number of carbonyl (C=O) groups excluding carboxylic acids is 2. The lowest BCUT2D eigenvalue weighted by atomic mass is 10.2. The van der Waals surface area contributed by atoms with Gasteiger partial charge >= 0.3 is 0 Å². The predicted molar refractivity (Wildman–Crippen MR) is 84.5 cm³/mol. The first-order valence-corrected chi connectivity index (χ1v) is 7.84. The van der Waals surface area contributed by atoms with Gasteiger partial charge in [0.1, 0.15) is 5.76 Å². The quantitative estimate of drug-likeness (QED) is 0.942. The molecule has 1 aromatic carbocycles. The second-order valence-corrected chi connectivity index (χ2v) is 6.37. The lowest BCUT2D eigenvalue weighted by Crippen LogP contribution is -2.35. The summed E-state index contributed by atoms with van der Waals surface area (Å²) >= 11 is 1.44. The molecule has 22 heavy (non-hydrogen) atoms. The molecule has 0 spiro atoms. The lowest BCUT2D eigenvalue weighted by molar-refractivity contribution is -0.132. The number of nitrogens with one attached hydrogen (secondary N) is 1. The molecule has 1 aromatic heterocycles. The number of rotatable bonds is 4. The summed E-state index contributed by atoms with van der Waals surface area (Å²) in [7, 11) is 1.71. The second-order valence-electron chi connectivity index (χ2n) is 5.13. The zero-order valence-corrected chi connectivity index (χ0v) is 12.9. The third-order valence-electron chi connectivity index (χ3n) is 3.47. The Hall–Kier alpha value is -2.21. The highest BCUT2D eigenvalue weighted by Crippen LogP contribution is 2.36. The Morgan fingerprint density at radius 3 is 2.91 bits per heavy atom. The number of benzene rings is 1. The minimum Gasteiger partial charge on any atom is -0.467 e. The van der Waals surface area contributed by atoms with Gasteiger partial charge in [-0.15, -0.1) is 11.8 Å². The molecule has 0 saturated carbocycles. The monoisotopic (exact) mass is 316 g/mol. The van der Waals surface area contributed by atoms with Crippen molar-refractivity contribution in [1.82, 2.24) is 4.90 Å². The van der Waals surface area contributed by atoms with Gasteiger partial charge in [-0.1, -0.05) is 12.1 Å². The summed E-state index contributed by atoms with van der Waals surface area (Å²) in [6, 6.07) is 11.2. The van der Waals surface area contributed by atoms with Crippen LogP contribution >= 0.6 is 11.8 Å². The molecule has 1 aliphatic rings. The molecule has 1 unspecified atom stereocenters. The first-order chi connectivity index (χ1) is 10.6. The van der Waals surface area contributed by atoms with Crippen LogP contribution in [0.5, 0.6) is 0 Å². The zero-order valence-electron chi connectivity index (χ0n) is 12.1. The number of nitrogens with zero attached hydrogens (tertiary/aromatic N) is 1. The van der Waals surface area contributed by atoms with Crippen molar-refractivity contribution < 1.29 is 14.0 Å². The Bertz CT molecular complexity index is 684. The average Bonchev–Trinajstić information content (AvgIpc) is 3.00. The molecule has 2 heterocycles. The number of hydrogen-bond donors (Lipinski definition) is 1. The first kappa shape index (κ1) is 14.7. The summed E-state index contributed by atoms with van der Waals surface area (Å²) < 4.78 is 5.23. The molecule has 5 nitrogen and oxygen atoms in total. The van der Waals surface area contributed by atoms with Crippen molar-refractivity contribution in [1.29, 1.82) is 0 Å². The fraction of sp³-hybridized carbons (Fsp3) is 0.250. The van der Waals surface area contributed by atoms with Crippen LogP contribution in [-0.4, -0.2) is 29.0 Å². The number of carbonyl (C=O) groups is 2. The summed E-state index contributed by atoms with van der Waals surface area (Å²) in [6.45, 7) is 0.404. The number of anilines is 1. The van der Waals surface area contributed by atoms with Crippen molar-refractivity contribution in [3.8, 4) is 0 Å². The van der Waals surface area contributed by atoms with E-state index in [0.29, 0.717) is 6.54 Å². The first-order valence-electron chi connectivity index (χ1n) is 6.96. The van der Waals surface area contributed by atoms with E-state index in [0.717, 1.165) is 16.3 Å². The normalized spacial score (nSPS) is 16.8. The minimum absolute atomic E-state index is 0.0802. The van der Waals surface area contributed by atoms with Crippen molar-refractivity contribution in [2.24, 2.45) is 0 Å². The van der Waals surface area contributed by atoms with Crippen LogP contribution in [-0.2, 0) is 16.1 Å². The van der Waals surface area contributed by atoms with Crippen molar-refractivity contribution in [3.05, 3.63) is 48.4 Å². The van der Waals surface area contributed by atoms with E-state index in [1.165, 1.54) is 11.8 Å². The van der Waals surface area contributed by atoms with E-state index in [1.54, 1.807) is 24.3 Å². The van der Waals surface area contributed by atoms with Gasteiger partial charge in [0, 0.05) is 18.4 Å². The van der Waals surface area contributed by atoms with E-state index in [2.05, 4.69) is 5.32 Å². The molecule has 6 heteroatoms. The highest BCUT2D eigenvalue weighted by atomic mass is 32.2. The lowest BCUT2D eigenvalue weighted by Gasteiger charge is -2.25. The van der Waals surface area contributed by atoms with Crippen LogP contribution in [0.15, 0.2) is 52.0 Å². The second kappa shape index (κ2) is 6.27. The van der Waals surface area contributed by atoms with Crippen LogP contribution in [0.1, 0.15) is 12.2 Å². The minimum atomic E-state index is -0.401. The molecule has 0 fully saturated rings. The van der Waals surface area contributed by atoms with Crippen molar-refractivity contribution >= 4 is 29.3 Å². The third-order valence-corrected chi connectivity index (χ3v) is 4.74. The molecule has 0 aliphatic carbocycles. The van der Waals surface area contributed by atoms with E-state index in [4.69, 9.17) is 4.42 Å². The summed E-state index contributed by atoms with van der Waals surface area (Å²) in [6.07, 6.45) is 1.75. The summed E-state index contributed by atoms with van der Waals surface area (Å²) in [5.74, 6) is 0.522. The van der Waals surface area contributed by atoms with E-state index in [1.807, 2.05) is 30.3 Å². The highest BCUT2D eigenvalue weighted by Gasteiger charge is 2.29. The van der Waals surface area contributed by atoms with Gasteiger partial charge in [0.25, 0.3) is 0 Å². The van der Waals surface area contributed by atoms with E-state index in [-0.39, 0.29) is 18.2 Å². The fourth-order valence-corrected chi connectivity index (χ4v) is 3.37. The maximum Gasteiger partial charge on any atom is 0.238 e. The molecule has 1 aliphatic heterocycles. The van der Waals surface area contributed by atoms with Crippen LogP contribution in [0.4, 0.5) is 5.69 Å². The number of fused-ring (bicyclic) bond motifs is 1. The number of furan rings is 1. The van der Waals surface area contributed by atoms with Crippen molar-refractivity contribution in [2.75, 3.05) is 12.4 Å². The Morgan fingerprint density at radius 1 is 1.32 bits per heavy atom. The van der Waals surface area contributed by atoms with Gasteiger partial charge in [-0.25, -0.2) is 0 Å². The highest BCUT2D eigenvalue weighted by molar-refractivity contribution is 8.01. The van der Waals surface area contributed by atoms with Crippen LogP contribution in [0, 0.1) is 0 Å². The van der Waals surface area contributed by atoms with E-state index >= 15 is 0 Å². The van der Waals surface area contributed by atoms with Gasteiger partial charge in [0.2, 0.25) is 11.8 Å². The third kappa shape index (κ3) is 3.17. The Balaban J connectivity index is 1.63. The molecule has 0 bridgehead atoms. The zero-order chi connectivity index (χ0) is 15.5. The van der Waals surface area contributed by atoms with Crippen molar-refractivity contribution in [3.63, 3.8) is 0 Å². The molecule has 114 valence electrons. The Kier molecular flexibility index (Phi) is 4.20. The standard InChI is InChI=1S/C16H16N2O3S/c1-18(10-11-5-4-8-21-11)15(19)9-14-16(20)17-12-6-2-3-7-13(12)22-14/h2-8,14H,9-10H2,1H3,(H,17,20). The smallest absolute Gasteiger partial charge is 0.238 e. The molecule has 3 rings (SSSR count). The maximum absolute atomic E-state index is 12.3. The predicted octanol–water partition coefficient (Wildman–Crippen LogP) is 2.74. The van der Waals surface area contributed by atoms with Crippen LogP contribution in [0.3, 0.4) is 0 Å². The number of thioether (sulfide) groups is 1. The molecule has 2 amide bonds. The van der Waals surface area contributed by atoms with Crippen LogP contribution < -0.4 is 5.32 Å². The summed E-state index contributed by atoms with van der Waals surface area (Å²) in [5.41, 5.74) is 0.810. The molecule has 0 radical (unpaired) electrons. The summed E-state index contributed by atoms with van der Waals surface area (Å²) in [5, 5.41) is 2.45. The largest absolute Gasteiger partial charge is 0.467 e. The summed E-state index contributed by atoms with van der Waals surface area (Å²) in [4.78, 5) is 27.0. The molecule has 1 atom stereocenters. The maximum atomic E-state index is 12.3. The number of para-hydroxylation sites is 1. The van der Waals surface area contributed by atoms with Crippen molar-refractivity contribution in [2.45, 2.75) is 23.1 Å². The number of amides is 2. The van der Waals surface area contributed by atoms with E-state index < -0.39 is 5.25 Å². The molecular formula is C16H16N2O3S.